The minimum absolute atomic E-state index is 0.161. The highest BCUT2D eigenvalue weighted by atomic mass is 16.5. The molecule has 0 atom stereocenters. The average Bonchev–Trinajstić information content (AvgIpc) is 2.57. The first-order valence-electron chi connectivity index (χ1n) is 8.37. The number of nitrogens with two attached hydrogens (primary N) is 1. The van der Waals surface area contributed by atoms with Gasteiger partial charge in [-0.3, -0.25) is 4.79 Å². The molecule has 4 nitrogen and oxygen atoms in total. The fourth-order valence-electron chi connectivity index (χ4n) is 3.63. The summed E-state index contributed by atoms with van der Waals surface area (Å²) in [7, 11) is 0. The number of ketones is 1. The summed E-state index contributed by atoms with van der Waals surface area (Å²) in [6, 6.07) is 11.7. The molecule has 4 heteroatoms. The highest BCUT2D eigenvalue weighted by Crippen LogP contribution is 2.41. The molecule has 0 amide bonds. The summed E-state index contributed by atoms with van der Waals surface area (Å²) < 4.78 is 11.8. The van der Waals surface area contributed by atoms with Crippen LogP contribution in [0, 0.1) is 6.92 Å². The van der Waals surface area contributed by atoms with E-state index >= 15 is 0 Å². The molecule has 2 heterocycles. The van der Waals surface area contributed by atoms with Gasteiger partial charge in [0, 0.05) is 18.5 Å². The van der Waals surface area contributed by atoms with Crippen molar-refractivity contribution in [3.8, 4) is 16.9 Å². The van der Waals surface area contributed by atoms with Gasteiger partial charge in [0.1, 0.15) is 11.4 Å². The molecule has 24 heavy (non-hydrogen) atoms. The fraction of sp³-hybridized carbons (Fsp3) is 0.350. The topological polar surface area (TPSA) is 61.6 Å². The molecule has 2 aromatic rings. The number of benzene rings is 2. The number of rotatable bonds is 1. The van der Waals surface area contributed by atoms with Crippen molar-refractivity contribution in [1.82, 2.24) is 0 Å². The number of carbonyl (C=O) groups excluding carboxylic acids is 1. The van der Waals surface area contributed by atoms with Gasteiger partial charge < -0.3 is 15.2 Å². The molecule has 124 valence electrons. The van der Waals surface area contributed by atoms with E-state index in [1.54, 1.807) is 0 Å². The highest BCUT2D eigenvalue weighted by molar-refractivity contribution is 6.01. The number of aryl methyl sites for hydroxylation is 1. The van der Waals surface area contributed by atoms with Gasteiger partial charge in [-0.15, -0.1) is 0 Å². The summed E-state index contributed by atoms with van der Waals surface area (Å²) in [6.07, 6.45) is 1.97. The summed E-state index contributed by atoms with van der Waals surface area (Å²) in [5, 5.41) is 0. The van der Waals surface area contributed by atoms with Crippen LogP contribution in [-0.2, 0) is 4.74 Å². The number of fused-ring (bicyclic) bond motifs is 1. The number of ether oxygens (including phenoxy) is 2. The third-order valence-corrected chi connectivity index (χ3v) is 5.07. The third-order valence-electron chi connectivity index (χ3n) is 5.07. The van der Waals surface area contributed by atoms with Crippen LogP contribution in [0.25, 0.3) is 11.1 Å². The smallest absolute Gasteiger partial charge is 0.170 e. The zero-order valence-electron chi connectivity index (χ0n) is 13.8. The Kier molecular flexibility index (Phi) is 3.57. The Morgan fingerprint density at radius 1 is 1.04 bits per heavy atom. The van der Waals surface area contributed by atoms with E-state index in [9.17, 15) is 4.79 Å². The number of nitrogen functional groups attached to an aromatic ring is 1. The molecule has 0 aliphatic carbocycles. The maximum absolute atomic E-state index is 12.6. The van der Waals surface area contributed by atoms with Crippen molar-refractivity contribution < 1.29 is 14.3 Å². The van der Waals surface area contributed by atoms with Crippen molar-refractivity contribution >= 4 is 11.5 Å². The number of anilines is 1. The third kappa shape index (κ3) is 2.57. The molecular formula is C20H21NO3. The Morgan fingerprint density at radius 3 is 2.62 bits per heavy atom. The SMILES string of the molecule is Cc1ccc(N)cc1-c1ccc2c(c1)OC1(CCOCC1)CC2=O. The van der Waals surface area contributed by atoms with Crippen LogP contribution in [0.5, 0.6) is 5.75 Å². The molecule has 2 N–H and O–H groups in total. The molecular weight excluding hydrogens is 302 g/mol. The monoisotopic (exact) mass is 323 g/mol. The molecule has 0 saturated carbocycles. The van der Waals surface area contributed by atoms with Gasteiger partial charge in [0.15, 0.2) is 5.78 Å². The first-order valence-corrected chi connectivity index (χ1v) is 8.37. The predicted molar refractivity (Wildman–Crippen MR) is 93.4 cm³/mol. The molecule has 1 fully saturated rings. The van der Waals surface area contributed by atoms with Gasteiger partial charge in [-0.25, -0.2) is 0 Å². The van der Waals surface area contributed by atoms with Crippen LogP contribution in [0.3, 0.4) is 0 Å². The van der Waals surface area contributed by atoms with E-state index in [0.717, 1.165) is 35.2 Å². The van der Waals surface area contributed by atoms with Crippen molar-refractivity contribution in [3.05, 3.63) is 47.5 Å². The lowest BCUT2D eigenvalue weighted by atomic mass is 9.83. The van der Waals surface area contributed by atoms with E-state index in [1.165, 1.54) is 0 Å². The largest absolute Gasteiger partial charge is 0.486 e. The maximum atomic E-state index is 12.6. The average molecular weight is 323 g/mol. The van der Waals surface area contributed by atoms with Crippen molar-refractivity contribution in [2.45, 2.75) is 31.8 Å². The van der Waals surface area contributed by atoms with E-state index in [-0.39, 0.29) is 5.78 Å². The summed E-state index contributed by atoms with van der Waals surface area (Å²) in [5.74, 6) is 0.849. The molecule has 0 radical (unpaired) electrons. The van der Waals surface area contributed by atoms with Crippen molar-refractivity contribution in [3.63, 3.8) is 0 Å². The van der Waals surface area contributed by atoms with Crippen LogP contribution in [0.2, 0.25) is 0 Å². The molecule has 1 saturated heterocycles. The molecule has 4 rings (SSSR count). The van der Waals surface area contributed by atoms with Crippen molar-refractivity contribution in [2.24, 2.45) is 0 Å². The predicted octanol–water partition coefficient (Wildman–Crippen LogP) is 3.76. The first kappa shape index (κ1) is 15.2. The summed E-state index contributed by atoms with van der Waals surface area (Å²) >= 11 is 0. The Morgan fingerprint density at radius 2 is 1.83 bits per heavy atom. The van der Waals surface area contributed by atoms with Gasteiger partial charge in [-0.2, -0.15) is 0 Å². The number of hydrogen-bond acceptors (Lipinski definition) is 4. The van der Waals surface area contributed by atoms with Crippen LogP contribution >= 0.6 is 0 Å². The first-order chi connectivity index (χ1) is 11.6. The van der Waals surface area contributed by atoms with Crippen LogP contribution in [-0.4, -0.2) is 24.6 Å². The molecule has 2 aromatic carbocycles. The lowest BCUT2D eigenvalue weighted by Crippen LogP contribution is -2.46. The standard InChI is InChI=1S/C20H21NO3/c1-13-2-4-15(21)11-17(13)14-3-5-16-18(22)12-20(24-19(16)10-14)6-8-23-9-7-20/h2-5,10-11H,6-9,12,21H2,1H3. The van der Waals surface area contributed by atoms with Gasteiger partial charge in [0.05, 0.1) is 25.2 Å². The summed E-state index contributed by atoms with van der Waals surface area (Å²) in [4.78, 5) is 12.6. The Labute approximate surface area is 141 Å². The van der Waals surface area contributed by atoms with Crippen LogP contribution in [0.4, 0.5) is 5.69 Å². The minimum atomic E-state index is -0.397. The zero-order valence-corrected chi connectivity index (χ0v) is 13.8. The van der Waals surface area contributed by atoms with E-state index in [1.807, 2.05) is 36.4 Å². The maximum Gasteiger partial charge on any atom is 0.170 e. The van der Waals surface area contributed by atoms with Gasteiger partial charge >= 0.3 is 0 Å². The van der Waals surface area contributed by atoms with Crippen LogP contribution in [0.15, 0.2) is 36.4 Å². The molecule has 2 aliphatic heterocycles. The second kappa shape index (κ2) is 5.64. The van der Waals surface area contributed by atoms with Gasteiger partial charge in [0.25, 0.3) is 0 Å². The second-order valence-electron chi connectivity index (χ2n) is 6.78. The molecule has 2 aliphatic rings. The molecule has 1 spiro atoms. The lowest BCUT2D eigenvalue weighted by molar-refractivity contribution is -0.0504. The molecule has 0 unspecified atom stereocenters. The van der Waals surface area contributed by atoms with Crippen molar-refractivity contribution in [2.75, 3.05) is 18.9 Å². The number of carbonyl (C=O) groups is 1. The normalized spacial score (nSPS) is 19.0. The van der Waals surface area contributed by atoms with E-state index in [4.69, 9.17) is 15.2 Å². The van der Waals surface area contributed by atoms with E-state index < -0.39 is 5.60 Å². The fourth-order valence-corrected chi connectivity index (χ4v) is 3.63. The van der Waals surface area contributed by atoms with Crippen LogP contribution < -0.4 is 10.5 Å². The van der Waals surface area contributed by atoms with Gasteiger partial charge in [-0.05, 0) is 47.9 Å². The van der Waals surface area contributed by atoms with Gasteiger partial charge in [0.2, 0.25) is 0 Å². The Balaban J connectivity index is 1.76. The lowest BCUT2D eigenvalue weighted by Gasteiger charge is -2.40. The van der Waals surface area contributed by atoms with E-state index in [0.29, 0.717) is 30.9 Å². The Bertz CT molecular complexity index is 807. The second-order valence-corrected chi connectivity index (χ2v) is 6.78. The number of hydrogen-bond donors (Lipinski definition) is 1. The Hall–Kier alpha value is -2.33. The quantitative estimate of drug-likeness (QED) is 0.812. The molecule has 0 bridgehead atoms. The summed E-state index contributed by atoms with van der Waals surface area (Å²) in [5.41, 5.74) is 10.2. The van der Waals surface area contributed by atoms with Gasteiger partial charge in [-0.1, -0.05) is 12.1 Å². The van der Waals surface area contributed by atoms with Crippen molar-refractivity contribution in [1.29, 1.82) is 0 Å². The highest BCUT2D eigenvalue weighted by Gasteiger charge is 2.41. The number of Topliss-reactive ketones (excluding diaryl/α,β-unsaturated/α-hetero) is 1. The minimum Gasteiger partial charge on any atom is -0.486 e. The summed E-state index contributed by atoms with van der Waals surface area (Å²) in [6.45, 7) is 3.35. The molecule has 0 aromatic heterocycles. The van der Waals surface area contributed by atoms with E-state index in [2.05, 4.69) is 6.92 Å². The van der Waals surface area contributed by atoms with Crippen LogP contribution in [0.1, 0.15) is 35.2 Å². The zero-order chi connectivity index (χ0) is 16.7.